The van der Waals surface area contributed by atoms with Crippen LogP contribution in [-0.4, -0.2) is 16.5 Å². The summed E-state index contributed by atoms with van der Waals surface area (Å²) in [6, 6.07) is 0. The Morgan fingerprint density at radius 1 is 1.36 bits per heavy atom. The molecule has 1 rings (SSSR count). The zero-order valence-electron chi connectivity index (χ0n) is 9.06. The molecule has 0 aliphatic heterocycles. The van der Waals surface area contributed by atoms with Crippen LogP contribution in [0.5, 0.6) is 0 Å². The van der Waals surface area contributed by atoms with Gasteiger partial charge in [0.2, 0.25) is 0 Å². The molecule has 0 saturated heterocycles. The fourth-order valence-corrected chi connectivity index (χ4v) is 0.930. The lowest BCUT2D eigenvalue weighted by molar-refractivity contribution is 0.440. The van der Waals surface area contributed by atoms with E-state index in [1.165, 1.54) is 6.33 Å². The molecule has 4 heteroatoms. The molecule has 1 heterocycles. The zero-order valence-corrected chi connectivity index (χ0v) is 9.06. The highest BCUT2D eigenvalue weighted by Gasteiger charge is 2.12. The summed E-state index contributed by atoms with van der Waals surface area (Å²) < 4.78 is 13.4. The summed E-state index contributed by atoms with van der Waals surface area (Å²) in [5.41, 5.74) is 0.474. The summed E-state index contributed by atoms with van der Waals surface area (Å²) in [7, 11) is 0. The molecule has 0 amide bonds. The van der Waals surface area contributed by atoms with E-state index in [2.05, 4.69) is 36.1 Å². The van der Waals surface area contributed by atoms with Gasteiger partial charge in [0.05, 0.1) is 5.69 Å². The lowest BCUT2D eigenvalue weighted by Crippen LogP contribution is -2.20. The fraction of sp³-hybridized carbons (Fsp3) is 0.600. The molecule has 0 spiro atoms. The summed E-state index contributed by atoms with van der Waals surface area (Å²) >= 11 is 0. The maximum Gasteiger partial charge on any atom is 0.186 e. The predicted octanol–water partition coefficient (Wildman–Crippen LogP) is 2.38. The van der Waals surface area contributed by atoms with E-state index in [4.69, 9.17) is 0 Å². The van der Waals surface area contributed by atoms with E-state index in [9.17, 15) is 4.39 Å². The standard InChI is InChI=1S/C10H16FN3/c1-7-8(11)9(14-6-13-7)12-5-10(2,3)4/h6H,5H2,1-4H3,(H,12,13,14). The molecule has 0 bridgehead atoms. The number of nitrogens with one attached hydrogen (secondary N) is 1. The van der Waals surface area contributed by atoms with Gasteiger partial charge in [0.15, 0.2) is 11.6 Å². The number of rotatable bonds is 2. The molecule has 14 heavy (non-hydrogen) atoms. The van der Waals surface area contributed by atoms with E-state index in [0.29, 0.717) is 12.2 Å². The van der Waals surface area contributed by atoms with Crippen LogP contribution in [0.2, 0.25) is 0 Å². The fourth-order valence-electron chi connectivity index (χ4n) is 0.930. The second-order valence-corrected chi connectivity index (χ2v) is 4.54. The highest BCUT2D eigenvalue weighted by molar-refractivity contribution is 5.36. The van der Waals surface area contributed by atoms with Gasteiger partial charge >= 0.3 is 0 Å². The normalized spacial score (nSPS) is 11.5. The molecule has 0 aliphatic rings. The van der Waals surface area contributed by atoms with E-state index in [1.807, 2.05) is 0 Å². The lowest BCUT2D eigenvalue weighted by Gasteiger charge is -2.19. The molecule has 1 N–H and O–H groups in total. The number of aryl methyl sites for hydroxylation is 1. The summed E-state index contributed by atoms with van der Waals surface area (Å²) in [4.78, 5) is 7.60. The number of anilines is 1. The first-order valence-corrected chi connectivity index (χ1v) is 4.61. The third kappa shape index (κ3) is 2.94. The molecule has 3 nitrogen and oxygen atoms in total. The minimum atomic E-state index is -0.364. The number of hydrogen-bond donors (Lipinski definition) is 1. The first-order valence-electron chi connectivity index (χ1n) is 4.61. The third-order valence-electron chi connectivity index (χ3n) is 1.75. The molecule has 0 saturated carbocycles. The SMILES string of the molecule is Cc1ncnc(NCC(C)(C)C)c1F. The summed E-state index contributed by atoms with van der Waals surface area (Å²) in [5.74, 6) is -0.0795. The average Bonchev–Trinajstić information content (AvgIpc) is 2.06. The topological polar surface area (TPSA) is 37.8 Å². The van der Waals surface area contributed by atoms with Gasteiger partial charge in [0.25, 0.3) is 0 Å². The van der Waals surface area contributed by atoms with Gasteiger partial charge in [-0.15, -0.1) is 0 Å². The van der Waals surface area contributed by atoms with Crippen LogP contribution in [0.15, 0.2) is 6.33 Å². The van der Waals surface area contributed by atoms with E-state index in [1.54, 1.807) is 6.92 Å². The average molecular weight is 197 g/mol. The summed E-state index contributed by atoms with van der Waals surface area (Å²) in [6.45, 7) is 8.53. The largest absolute Gasteiger partial charge is 0.367 e. The van der Waals surface area contributed by atoms with E-state index >= 15 is 0 Å². The van der Waals surface area contributed by atoms with Crippen molar-refractivity contribution in [2.24, 2.45) is 5.41 Å². The van der Waals surface area contributed by atoms with Gasteiger partial charge in [-0.25, -0.2) is 14.4 Å². The smallest absolute Gasteiger partial charge is 0.186 e. The first kappa shape index (κ1) is 10.9. The summed E-state index contributed by atoms with van der Waals surface area (Å²) in [6.07, 6.45) is 1.36. The first-order chi connectivity index (χ1) is 6.40. The molecule has 0 unspecified atom stereocenters. The molecule has 78 valence electrons. The molecule has 0 aliphatic carbocycles. The van der Waals surface area contributed by atoms with E-state index < -0.39 is 0 Å². The third-order valence-corrected chi connectivity index (χ3v) is 1.75. The predicted molar refractivity (Wildman–Crippen MR) is 54.7 cm³/mol. The molecule has 0 fully saturated rings. The van der Waals surface area contributed by atoms with Crippen LogP contribution >= 0.6 is 0 Å². The molecule has 0 aromatic carbocycles. The van der Waals surface area contributed by atoms with E-state index in [0.717, 1.165) is 0 Å². The van der Waals surface area contributed by atoms with Crippen LogP contribution in [0.4, 0.5) is 10.2 Å². The highest BCUT2D eigenvalue weighted by Crippen LogP contribution is 2.16. The van der Waals surface area contributed by atoms with Crippen LogP contribution in [0.25, 0.3) is 0 Å². The molecule has 0 atom stereocenters. The van der Waals surface area contributed by atoms with Gasteiger partial charge in [-0.1, -0.05) is 20.8 Å². The van der Waals surface area contributed by atoms with Crippen molar-refractivity contribution in [3.8, 4) is 0 Å². The Hall–Kier alpha value is -1.19. The van der Waals surface area contributed by atoms with Crippen molar-refractivity contribution in [1.82, 2.24) is 9.97 Å². The maximum absolute atomic E-state index is 13.4. The van der Waals surface area contributed by atoms with Gasteiger partial charge in [0.1, 0.15) is 6.33 Å². The Bertz CT molecular complexity index is 318. The second-order valence-electron chi connectivity index (χ2n) is 4.54. The quantitative estimate of drug-likeness (QED) is 0.791. The van der Waals surface area contributed by atoms with Gasteiger partial charge in [-0.2, -0.15) is 0 Å². The highest BCUT2D eigenvalue weighted by atomic mass is 19.1. The number of hydrogen-bond acceptors (Lipinski definition) is 3. The molecule has 1 aromatic rings. The Morgan fingerprint density at radius 3 is 2.57 bits per heavy atom. The number of aromatic nitrogens is 2. The minimum absolute atomic E-state index is 0.102. The van der Waals surface area contributed by atoms with E-state index in [-0.39, 0.29) is 17.1 Å². The van der Waals surface area contributed by atoms with Crippen molar-refractivity contribution < 1.29 is 4.39 Å². The Balaban J connectivity index is 2.73. The Morgan fingerprint density at radius 2 is 2.00 bits per heavy atom. The van der Waals surface area contributed by atoms with Gasteiger partial charge in [-0.3, -0.25) is 0 Å². The van der Waals surface area contributed by atoms with Crippen molar-refractivity contribution >= 4 is 5.82 Å². The zero-order chi connectivity index (χ0) is 10.8. The maximum atomic E-state index is 13.4. The summed E-state index contributed by atoms with van der Waals surface area (Å²) in [5, 5.41) is 2.97. The molecular weight excluding hydrogens is 181 g/mol. The van der Waals surface area contributed by atoms with Crippen LogP contribution in [0.1, 0.15) is 26.5 Å². The molecule has 0 radical (unpaired) electrons. The van der Waals surface area contributed by atoms with Crippen molar-refractivity contribution in [3.63, 3.8) is 0 Å². The lowest BCUT2D eigenvalue weighted by atomic mass is 9.97. The second kappa shape index (κ2) is 3.90. The van der Waals surface area contributed by atoms with Gasteiger partial charge in [0, 0.05) is 6.54 Å². The van der Waals surface area contributed by atoms with Crippen molar-refractivity contribution in [1.29, 1.82) is 0 Å². The van der Waals surface area contributed by atoms with Crippen molar-refractivity contribution in [3.05, 3.63) is 17.8 Å². The van der Waals surface area contributed by atoms with Gasteiger partial charge in [-0.05, 0) is 12.3 Å². The Kier molecular flexibility index (Phi) is 3.03. The van der Waals surface area contributed by atoms with Crippen molar-refractivity contribution in [2.75, 3.05) is 11.9 Å². The van der Waals surface area contributed by atoms with Gasteiger partial charge < -0.3 is 5.32 Å². The van der Waals surface area contributed by atoms with Crippen LogP contribution in [0.3, 0.4) is 0 Å². The number of nitrogens with zero attached hydrogens (tertiary/aromatic N) is 2. The van der Waals surface area contributed by atoms with Crippen molar-refractivity contribution in [2.45, 2.75) is 27.7 Å². The van der Waals surface area contributed by atoms with Crippen LogP contribution < -0.4 is 5.32 Å². The van der Waals surface area contributed by atoms with Crippen LogP contribution in [-0.2, 0) is 0 Å². The minimum Gasteiger partial charge on any atom is -0.367 e. The molecule has 1 aromatic heterocycles. The Labute approximate surface area is 83.8 Å². The monoisotopic (exact) mass is 197 g/mol. The number of halogens is 1. The van der Waals surface area contributed by atoms with Crippen LogP contribution in [0, 0.1) is 18.2 Å². The molecular formula is C10H16FN3.